The summed E-state index contributed by atoms with van der Waals surface area (Å²) in [6, 6.07) is 12.8. The molecular weight excluding hydrogens is 330 g/mol. The van der Waals surface area contributed by atoms with Crippen LogP contribution in [0.5, 0.6) is 5.75 Å². The van der Waals surface area contributed by atoms with Gasteiger partial charge in [0.25, 0.3) is 0 Å². The number of benzene rings is 2. The topological polar surface area (TPSA) is 111 Å². The highest BCUT2D eigenvalue weighted by Gasteiger charge is 2.07. The number of ether oxygens (including phenoxy) is 1. The molecule has 24 heavy (non-hydrogen) atoms. The van der Waals surface area contributed by atoms with Gasteiger partial charge in [-0.1, -0.05) is 12.1 Å². The van der Waals surface area contributed by atoms with Gasteiger partial charge in [0.05, 0.1) is 12.0 Å². The number of anilines is 1. The molecule has 0 aromatic heterocycles. The predicted molar refractivity (Wildman–Crippen MR) is 91.5 cm³/mol. The summed E-state index contributed by atoms with van der Waals surface area (Å²) in [6.45, 7) is 0.466. The lowest BCUT2D eigenvalue weighted by Gasteiger charge is -2.08. The number of primary sulfonamides is 1. The predicted octanol–water partition coefficient (Wildman–Crippen LogP) is 1.71. The molecule has 4 N–H and O–H groups in total. The van der Waals surface area contributed by atoms with Gasteiger partial charge in [-0.25, -0.2) is 18.4 Å². The molecule has 128 valence electrons. The highest BCUT2D eigenvalue weighted by molar-refractivity contribution is 7.89. The molecule has 0 fully saturated rings. The Labute approximate surface area is 140 Å². The van der Waals surface area contributed by atoms with Crippen LogP contribution in [0.3, 0.4) is 0 Å². The zero-order chi connectivity index (χ0) is 17.6. The molecule has 0 heterocycles. The van der Waals surface area contributed by atoms with Gasteiger partial charge >= 0.3 is 6.03 Å². The maximum absolute atomic E-state index is 11.8. The molecule has 0 aliphatic rings. The number of hydrogen-bond acceptors (Lipinski definition) is 4. The number of hydrogen-bond donors (Lipinski definition) is 3. The molecule has 2 amide bonds. The van der Waals surface area contributed by atoms with Crippen LogP contribution >= 0.6 is 0 Å². The molecule has 0 unspecified atom stereocenters. The van der Waals surface area contributed by atoms with Crippen molar-refractivity contribution in [2.24, 2.45) is 5.14 Å². The van der Waals surface area contributed by atoms with E-state index in [2.05, 4.69) is 10.6 Å². The Kier molecular flexibility index (Phi) is 5.78. The second kappa shape index (κ2) is 7.80. The van der Waals surface area contributed by atoms with Crippen molar-refractivity contribution in [2.45, 2.75) is 11.3 Å². The zero-order valence-electron chi connectivity index (χ0n) is 13.2. The van der Waals surface area contributed by atoms with E-state index in [-0.39, 0.29) is 10.9 Å². The van der Waals surface area contributed by atoms with Crippen LogP contribution in [0.25, 0.3) is 0 Å². The molecule has 2 rings (SSSR count). The number of carbonyl (C=O) groups excluding carboxylic acids is 1. The highest BCUT2D eigenvalue weighted by atomic mass is 32.2. The summed E-state index contributed by atoms with van der Waals surface area (Å²) in [5.74, 6) is 0.785. The lowest BCUT2D eigenvalue weighted by molar-refractivity contribution is 0.252. The second-order valence-electron chi connectivity index (χ2n) is 5.05. The number of methoxy groups -OCH3 is 1. The van der Waals surface area contributed by atoms with E-state index < -0.39 is 10.0 Å². The van der Waals surface area contributed by atoms with E-state index in [1.54, 1.807) is 7.11 Å². The monoisotopic (exact) mass is 349 g/mol. The van der Waals surface area contributed by atoms with E-state index in [0.29, 0.717) is 18.7 Å². The smallest absolute Gasteiger partial charge is 0.319 e. The van der Waals surface area contributed by atoms with Crippen molar-refractivity contribution < 1.29 is 17.9 Å². The van der Waals surface area contributed by atoms with Crippen LogP contribution in [-0.4, -0.2) is 28.1 Å². The summed E-state index contributed by atoms with van der Waals surface area (Å²) in [5, 5.41) is 10.4. The summed E-state index contributed by atoms with van der Waals surface area (Å²) in [7, 11) is -2.13. The van der Waals surface area contributed by atoms with Gasteiger partial charge in [-0.05, 0) is 48.4 Å². The average molecular weight is 349 g/mol. The minimum absolute atomic E-state index is 0.00651. The van der Waals surface area contributed by atoms with Crippen molar-refractivity contribution >= 4 is 21.7 Å². The number of sulfonamides is 1. The lowest BCUT2D eigenvalue weighted by Crippen LogP contribution is -2.30. The fourth-order valence-electron chi connectivity index (χ4n) is 2.02. The Bertz CT molecular complexity index is 787. The fraction of sp³-hybridized carbons (Fsp3) is 0.188. The van der Waals surface area contributed by atoms with Crippen LogP contribution in [0.15, 0.2) is 53.4 Å². The van der Waals surface area contributed by atoms with Gasteiger partial charge in [0.2, 0.25) is 10.0 Å². The van der Waals surface area contributed by atoms with Gasteiger partial charge in [0.1, 0.15) is 5.75 Å². The normalized spacial score (nSPS) is 10.9. The van der Waals surface area contributed by atoms with Gasteiger partial charge < -0.3 is 15.4 Å². The first-order valence-electron chi connectivity index (χ1n) is 7.19. The molecule has 0 radical (unpaired) electrons. The standard InChI is InChI=1S/C16H19N3O4S/c1-23-14-6-2-12(3-7-14)10-11-18-16(20)19-13-4-8-15(9-5-13)24(17,21)22/h2-9H,10-11H2,1H3,(H2,17,21,22)(H2,18,19,20). The minimum atomic E-state index is -3.74. The van der Waals surface area contributed by atoms with Gasteiger partial charge in [0.15, 0.2) is 0 Å². The van der Waals surface area contributed by atoms with E-state index in [1.807, 2.05) is 24.3 Å². The maximum Gasteiger partial charge on any atom is 0.319 e. The molecule has 0 saturated heterocycles. The number of nitrogens with two attached hydrogens (primary N) is 1. The third-order valence-electron chi connectivity index (χ3n) is 3.30. The Morgan fingerprint density at radius 1 is 1.08 bits per heavy atom. The summed E-state index contributed by atoms with van der Waals surface area (Å²) >= 11 is 0. The number of carbonyl (C=O) groups is 1. The van der Waals surface area contributed by atoms with Crippen LogP contribution < -0.4 is 20.5 Å². The van der Waals surface area contributed by atoms with Crippen LogP contribution in [0.1, 0.15) is 5.56 Å². The van der Waals surface area contributed by atoms with Crippen molar-refractivity contribution in [2.75, 3.05) is 19.0 Å². The van der Waals surface area contributed by atoms with Gasteiger partial charge in [0, 0.05) is 12.2 Å². The van der Waals surface area contributed by atoms with Crippen LogP contribution in [-0.2, 0) is 16.4 Å². The molecule has 0 aliphatic carbocycles. The van der Waals surface area contributed by atoms with Crippen LogP contribution in [0.2, 0.25) is 0 Å². The molecule has 2 aromatic carbocycles. The molecule has 8 heteroatoms. The average Bonchev–Trinajstić information content (AvgIpc) is 2.55. The largest absolute Gasteiger partial charge is 0.497 e. The molecule has 7 nitrogen and oxygen atoms in total. The minimum Gasteiger partial charge on any atom is -0.497 e. The van der Waals surface area contributed by atoms with Crippen molar-refractivity contribution in [3.63, 3.8) is 0 Å². The van der Waals surface area contributed by atoms with E-state index in [0.717, 1.165) is 11.3 Å². The second-order valence-corrected chi connectivity index (χ2v) is 6.61. The number of urea groups is 1. The first kappa shape index (κ1) is 17.8. The molecule has 0 saturated carbocycles. The van der Waals surface area contributed by atoms with Gasteiger partial charge in [-0.3, -0.25) is 0 Å². The van der Waals surface area contributed by atoms with Gasteiger partial charge in [-0.15, -0.1) is 0 Å². The third kappa shape index (κ3) is 5.25. The first-order chi connectivity index (χ1) is 11.4. The van der Waals surface area contributed by atoms with Crippen LogP contribution in [0, 0.1) is 0 Å². The van der Waals surface area contributed by atoms with Crippen molar-refractivity contribution in [1.29, 1.82) is 0 Å². The van der Waals surface area contributed by atoms with Crippen molar-refractivity contribution in [3.05, 3.63) is 54.1 Å². The maximum atomic E-state index is 11.8. The molecule has 0 bridgehead atoms. The highest BCUT2D eigenvalue weighted by Crippen LogP contribution is 2.13. The summed E-state index contributed by atoms with van der Waals surface area (Å²) in [5.41, 5.74) is 1.55. The summed E-state index contributed by atoms with van der Waals surface area (Å²) in [4.78, 5) is 11.8. The molecule has 0 atom stereocenters. The summed E-state index contributed by atoms with van der Waals surface area (Å²) < 4.78 is 27.4. The fourth-order valence-corrected chi connectivity index (χ4v) is 2.53. The molecule has 0 spiro atoms. The Balaban J connectivity index is 1.80. The van der Waals surface area contributed by atoms with E-state index in [4.69, 9.17) is 9.88 Å². The van der Waals surface area contributed by atoms with Gasteiger partial charge in [-0.2, -0.15) is 0 Å². The van der Waals surface area contributed by atoms with Crippen LogP contribution in [0.4, 0.5) is 10.5 Å². The lowest BCUT2D eigenvalue weighted by atomic mass is 10.1. The first-order valence-corrected chi connectivity index (χ1v) is 8.74. The number of rotatable bonds is 6. The quantitative estimate of drug-likeness (QED) is 0.737. The SMILES string of the molecule is COc1ccc(CCNC(=O)Nc2ccc(S(N)(=O)=O)cc2)cc1. The molecule has 2 aromatic rings. The van der Waals surface area contributed by atoms with Crippen molar-refractivity contribution in [3.8, 4) is 5.75 Å². The number of nitrogens with one attached hydrogen (secondary N) is 2. The van der Waals surface area contributed by atoms with E-state index in [1.165, 1.54) is 24.3 Å². The summed E-state index contributed by atoms with van der Waals surface area (Å²) in [6.07, 6.45) is 0.682. The zero-order valence-corrected chi connectivity index (χ0v) is 14.0. The Hall–Kier alpha value is -2.58. The molecule has 0 aliphatic heterocycles. The number of amides is 2. The molecular formula is C16H19N3O4S. The Morgan fingerprint density at radius 3 is 2.25 bits per heavy atom. The van der Waals surface area contributed by atoms with E-state index in [9.17, 15) is 13.2 Å². The Morgan fingerprint density at radius 2 is 1.71 bits per heavy atom. The van der Waals surface area contributed by atoms with E-state index >= 15 is 0 Å². The van der Waals surface area contributed by atoms with Crippen molar-refractivity contribution in [1.82, 2.24) is 5.32 Å². The third-order valence-corrected chi connectivity index (χ3v) is 4.23.